The third-order valence-electron chi connectivity index (χ3n) is 2.38. The Labute approximate surface area is 101 Å². The Kier molecular flexibility index (Phi) is 3.22. The summed E-state index contributed by atoms with van der Waals surface area (Å²) in [5.41, 5.74) is 6.01. The largest absolute Gasteiger partial charge is 0.495 e. The van der Waals surface area contributed by atoms with Crippen LogP contribution in [-0.2, 0) is 0 Å². The van der Waals surface area contributed by atoms with Gasteiger partial charge in [-0.3, -0.25) is 0 Å². The number of hydrogen-bond acceptors (Lipinski definition) is 5. The zero-order chi connectivity index (χ0) is 11.7. The van der Waals surface area contributed by atoms with Crippen LogP contribution in [0.3, 0.4) is 0 Å². The number of ether oxygens (including phenoxy) is 3. The number of benzene rings is 1. The van der Waals surface area contributed by atoms with Gasteiger partial charge in [0.05, 0.1) is 13.2 Å². The van der Waals surface area contributed by atoms with E-state index >= 15 is 0 Å². The zero-order valence-corrected chi connectivity index (χ0v) is 10.3. The molecular formula is C10H12BrNO4. The number of fused-ring (bicyclic) bond motifs is 1. The first kappa shape index (κ1) is 11.5. The molecule has 0 saturated heterocycles. The lowest BCUT2D eigenvalue weighted by Crippen LogP contribution is -2.12. The minimum absolute atomic E-state index is 0.114. The number of halogens is 1. The van der Waals surface area contributed by atoms with Gasteiger partial charge < -0.3 is 25.1 Å². The van der Waals surface area contributed by atoms with E-state index in [0.29, 0.717) is 27.3 Å². The maximum Gasteiger partial charge on any atom is 0.231 e. The summed E-state index contributed by atoms with van der Waals surface area (Å²) in [5.74, 6) is 1.68. The molecule has 0 amide bonds. The fraction of sp³-hybridized carbons (Fsp3) is 0.400. The summed E-state index contributed by atoms with van der Waals surface area (Å²) < 4.78 is 16.4. The minimum Gasteiger partial charge on any atom is -0.495 e. The second-order valence-corrected chi connectivity index (χ2v) is 4.09. The predicted molar refractivity (Wildman–Crippen MR) is 60.8 cm³/mol. The first-order valence-electron chi connectivity index (χ1n) is 4.73. The first-order chi connectivity index (χ1) is 7.69. The second kappa shape index (κ2) is 4.48. The highest BCUT2D eigenvalue weighted by molar-refractivity contribution is 9.10. The Morgan fingerprint density at radius 1 is 1.62 bits per heavy atom. The van der Waals surface area contributed by atoms with E-state index in [2.05, 4.69) is 15.9 Å². The highest BCUT2D eigenvalue weighted by Crippen LogP contribution is 2.47. The maximum absolute atomic E-state index is 9.77. The lowest BCUT2D eigenvalue weighted by Gasteiger charge is -2.15. The van der Waals surface area contributed by atoms with Gasteiger partial charge in [0, 0.05) is 12.1 Å². The van der Waals surface area contributed by atoms with Gasteiger partial charge >= 0.3 is 0 Å². The molecule has 6 heteroatoms. The summed E-state index contributed by atoms with van der Waals surface area (Å²) in [7, 11) is 1.52. The summed E-state index contributed by atoms with van der Waals surface area (Å²) in [4.78, 5) is 0. The van der Waals surface area contributed by atoms with Gasteiger partial charge in [-0.1, -0.05) is 0 Å². The Morgan fingerprint density at radius 3 is 3.00 bits per heavy atom. The average molecular weight is 290 g/mol. The summed E-state index contributed by atoms with van der Waals surface area (Å²) in [6.07, 6.45) is -0.791. The number of aliphatic hydroxyl groups excluding tert-OH is 1. The van der Waals surface area contributed by atoms with Crippen molar-refractivity contribution in [3.05, 3.63) is 16.1 Å². The fourth-order valence-corrected chi connectivity index (χ4v) is 2.29. The van der Waals surface area contributed by atoms with E-state index in [-0.39, 0.29) is 13.3 Å². The molecular weight excluding hydrogens is 278 g/mol. The molecule has 1 aliphatic rings. The topological polar surface area (TPSA) is 73.9 Å². The first-order valence-corrected chi connectivity index (χ1v) is 5.52. The molecule has 1 unspecified atom stereocenters. The average Bonchev–Trinajstić information content (AvgIpc) is 2.76. The van der Waals surface area contributed by atoms with Crippen LogP contribution in [0.2, 0.25) is 0 Å². The summed E-state index contributed by atoms with van der Waals surface area (Å²) in [6, 6.07) is 1.68. The highest BCUT2D eigenvalue weighted by Gasteiger charge is 2.26. The van der Waals surface area contributed by atoms with E-state index in [1.807, 2.05) is 0 Å². The van der Waals surface area contributed by atoms with Gasteiger partial charge in [-0.2, -0.15) is 0 Å². The Morgan fingerprint density at radius 2 is 2.38 bits per heavy atom. The van der Waals surface area contributed by atoms with Crippen LogP contribution < -0.4 is 19.9 Å². The molecule has 5 nitrogen and oxygen atoms in total. The van der Waals surface area contributed by atoms with Crippen LogP contribution in [0.5, 0.6) is 17.2 Å². The third kappa shape index (κ3) is 1.73. The van der Waals surface area contributed by atoms with Crippen molar-refractivity contribution in [2.75, 3.05) is 20.4 Å². The van der Waals surface area contributed by atoms with Crippen molar-refractivity contribution < 1.29 is 19.3 Å². The van der Waals surface area contributed by atoms with Gasteiger partial charge in [0.15, 0.2) is 11.5 Å². The van der Waals surface area contributed by atoms with Gasteiger partial charge in [0.2, 0.25) is 6.79 Å². The van der Waals surface area contributed by atoms with Crippen LogP contribution in [0.15, 0.2) is 10.5 Å². The number of aliphatic hydroxyl groups is 1. The van der Waals surface area contributed by atoms with Crippen LogP contribution in [-0.4, -0.2) is 25.6 Å². The zero-order valence-electron chi connectivity index (χ0n) is 8.70. The SMILES string of the molecule is COc1c(C(O)CN)cc2c(c1Br)OCO2. The predicted octanol–water partition coefficient (Wildman–Crippen LogP) is 1.18. The van der Waals surface area contributed by atoms with Crippen molar-refractivity contribution in [2.24, 2.45) is 5.73 Å². The molecule has 0 fully saturated rings. The molecule has 1 heterocycles. The number of nitrogens with two attached hydrogens (primary N) is 1. The molecule has 1 aromatic rings. The molecule has 0 aliphatic carbocycles. The number of hydrogen-bond donors (Lipinski definition) is 2. The highest BCUT2D eigenvalue weighted by atomic mass is 79.9. The Balaban J connectivity index is 2.56. The normalized spacial score (nSPS) is 15.0. The monoisotopic (exact) mass is 289 g/mol. The minimum atomic E-state index is -0.791. The molecule has 0 aromatic heterocycles. The van der Waals surface area contributed by atoms with Crippen LogP contribution >= 0.6 is 15.9 Å². The molecule has 1 aliphatic heterocycles. The van der Waals surface area contributed by atoms with Crippen molar-refractivity contribution in [3.8, 4) is 17.2 Å². The molecule has 0 radical (unpaired) electrons. The van der Waals surface area contributed by atoms with Crippen molar-refractivity contribution in [3.63, 3.8) is 0 Å². The van der Waals surface area contributed by atoms with E-state index in [4.69, 9.17) is 19.9 Å². The smallest absolute Gasteiger partial charge is 0.231 e. The van der Waals surface area contributed by atoms with Crippen LogP contribution in [0.4, 0.5) is 0 Å². The molecule has 88 valence electrons. The Bertz CT molecular complexity index is 410. The quantitative estimate of drug-likeness (QED) is 0.874. The molecule has 1 aromatic carbocycles. The molecule has 0 saturated carbocycles. The van der Waals surface area contributed by atoms with Gasteiger partial charge in [0.1, 0.15) is 10.2 Å². The van der Waals surface area contributed by atoms with Crippen molar-refractivity contribution in [1.82, 2.24) is 0 Å². The summed E-state index contributed by atoms with van der Waals surface area (Å²) in [6.45, 7) is 0.279. The van der Waals surface area contributed by atoms with E-state index in [9.17, 15) is 5.11 Å². The lowest BCUT2D eigenvalue weighted by atomic mass is 10.1. The maximum atomic E-state index is 9.77. The van der Waals surface area contributed by atoms with Crippen LogP contribution in [0, 0.1) is 0 Å². The van der Waals surface area contributed by atoms with Crippen molar-refractivity contribution >= 4 is 15.9 Å². The van der Waals surface area contributed by atoms with Gasteiger partial charge in [-0.25, -0.2) is 0 Å². The molecule has 3 N–H and O–H groups in total. The van der Waals surface area contributed by atoms with Gasteiger partial charge in [-0.15, -0.1) is 0 Å². The Hall–Kier alpha value is -0.980. The van der Waals surface area contributed by atoms with E-state index in [1.54, 1.807) is 6.07 Å². The van der Waals surface area contributed by atoms with Crippen LogP contribution in [0.25, 0.3) is 0 Å². The van der Waals surface area contributed by atoms with Crippen molar-refractivity contribution in [2.45, 2.75) is 6.10 Å². The van der Waals surface area contributed by atoms with Crippen molar-refractivity contribution in [1.29, 1.82) is 0 Å². The lowest BCUT2D eigenvalue weighted by molar-refractivity contribution is 0.172. The van der Waals surface area contributed by atoms with Gasteiger partial charge in [-0.05, 0) is 22.0 Å². The third-order valence-corrected chi connectivity index (χ3v) is 3.10. The second-order valence-electron chi connectivity index (χ2n) is 3.30. The standard InChI is InChI=1S/C10H12BrNO4/c1-14-9-5(6(13)3-12)2-7-10(8(9)11)16-4-15-7/h2,6,13H,3-4,12H2,1H3. The molecule has 16 heavy (non-hydrogen) atoms. The molecule has 1 atom stereocenters. The molecule has 0 bridgehead atoms. The summed E-state index contributed by atoms with van der Waals surface area (Å²) in [5, 5.41) is 9.77. The summed E-state index contributed by atoms with van der Waals surface area (Å²) >= 11 is 3.36. The fourth-order valence-electron chi connectivity index (χ4n) is 1.59. The van der Waals surface area contributed by atoms with Gasteiger partial charge in [0.25, 0.3) is 0 Å². The number of rotatable bonds is 3. The van der Waals surface area contributed by atoms with E-state index in [0.717, 1.165) is 0 Å². The van der Waals surface area contributed by atoms with E-state index in [1.165, 1.54) is 7.11 Å². The van der Waals surface area contributed by atoms with Crippen LogP contribution in [0.1, 0.15) is 11.7 Å². The molecule has 0 spiro atoms. The number of methoxy groups -OCH3 is 1. The molecule has 2 rings (SSSR count). The van der Waals surface area contributed by atoms with E-state index < -0.39 is 6.10 Å².